The normalized spacial score (nSPS) is 13.0. The second kappa shape index (κ2) is 11.2. The summed E-state index contributed by atoms with van der Waals surface area (Å²) in [6.45, 7) is 15.1. The summed E-state index contributed by atoms with van der Waals surface area (Å²) in [6, 6.07) is 9.19. The molecule has 0 aliphatic heterocycles. The van der Waals surface area contributed by atoms with E-state index >= 15 is 0 Å². The number of hydrogen-bond donors (Lipinski definition) is 2. The molecule has 2 N–H and O–H groups in total. The maximum Gasteiger partial charge on any atom is 0.408 e. The van der Waals surface area contributed by atoms with E-state index in [2.05, 4.69) is 10.6 Å². The van der Waals surface area contributed by atoms with Crippen molar-refractivity contribution in [2.24, 2.45) is 17.3 Å². The fourth-order valence-corrected chi connectivity index (χ4v) is 3.12. The van der Waals surface area contributed by atoms with Crippen LogP contribution in [-0.2, 0) is 19.1 Å². The second-order valence-electron chi connectivity index (χ2n) is 9.55. The number of amides is 2. The Morgan fingerprint density at radius 1 is 0.903 bits per heavy atom. The largest absolute Gasteiger partial charge is 0.454 e. The molecule has 7 heteroatoms. The van der Waals surface area contributed by atoms with Crippen LogP contribution < -0.4 is 10.6 Å². The zero-order valence-corrected chi connectivity index (χ0v) is 20.1. The minimum atomic E-state index is -0.696. The van der Waals surface area contributed by atoms with Gasteiger partial charge in [0.25, 0.3) is 0 Å². The number of carbonyl (C=O) groups is 3. The summed E-state index contributed by atoms with van der Waals surface area (Å²) in [5.41, 5.74) is -0.461. The average Bonchev–Trinajstić information content (AvgIpc) is 2.67. The van der Waals surface area contributed by atoms with Crippen LogP contribution in [0.3, 0.4) is 0 Å². The van der Waals surface area contributed by atoms with Crippen LogP contribution >= 0.6 is 0 Å². The molecule has 0 saturated carbocycles. The molecule has 0 saturated heterocycles. The molecule has 1 atom stereocenters. The Bertz CT molecular complexity index is 730. The van der Waals surface area contributed by atoms with E-state index in [0.29, 0.717) is 0 Å². The summed E-state index contributed by atoms with van der Waals surface area (Å²) in [4.78, 5) is 37.1. The highest BCUT2D eigenvalue weighted by Crippen LogP contribution is 2.35. The van der Waals surface area contributed by atoms with Crippen LogP contribution in [0.5, 0.6) is 0 Å². The van der Waals surface area contributed by atoms with Crippen molar-refractivity contribution in [3.63, 3.8) is 0 Å². The second-order valence-corrected chi connectivity index (χ2v) is 9.55. The molecule has 0 aromatic heterocycles. The van der Waals surface area contributed by atoms with E-state index in [1.54, 1.807) is 20.8 Å². The van der Waals surface area contributed by atoms with E-state index in [-0.39, 0.29) is 30.8 Å². The van der Waals surface area contributed by atoms with E-state index in [0.717, 1.165) is 5.56 Å². The van der Waals surface area contributed by atoms with Crippen LogP contribution in [-0.4, -0.2) is 36.7 Å². The van der Waals surface area contributed by atoms with Crippen molar-refractivity contribution in [1.82, 2.24) is 10.6 Å². The van der Waals surface area contributed by atoms with Crippen molar-refractivity contribution in [2.75, 3.05) is 13.1 Å². The van der Waals surface area contributed by atoms with Crippen molar-refractivity contribution >= 4 is 18.0 Å². The highest BCUT2D eigenvalue weighted by molar-refractivity contribution is 5.83. The van der Waals surface area contributed by atoms with Crippen LogP contribution in [0.15, 0.2) is 30.3 Å². The summed E-state index contributed by atoms with van der Waals surface area (Å²) in [5.74, 6) is -0.419. The van der Waals surface area contributed by atoms with Crippen LogP contribution in [0.4, 0.5) is 4.79 Å². The minimum absolute atomic E-state index is 0.0821. The van der Waals surface area contributed by atoms with Crippen LogP contribution in [0.2, 0.25) is 0 Å². The zero-order valence-electron chi connectivity index (χ0n) is 20.1. The fourth-order valence-electron chi connectivity index (χ4n) is 3.12. The Hall–Kier alpha value is -2.57. The van der Waals surface area contributed by atoms with Gasteiger partial charge in [-0.25, -0.2) is 4.79 Å². The number of ether oxygens (including phenoxy) is 2. The Labute approximate surface area is 186 Å². The number of alkyl carbamates (subject to hydrolysis) is 1. The highest BCUT2D eigenvalue weighted by Gasteiger charge is 2.39. The first-order valence-electron chi connectivity index (χ1n) is 10.8. The molecule has 1 aromatic carbocycles. The number of esters is 1. The molecule has 0 aliphatic rings. The highest BCUT2D eigenvalue weighted by atomic mass is 16.6. The van der Waals surface area contributed by atoms with E-state index in [1.165, 1.54) is 0 Å². The van der Waals surface area contributed by atoms with Gasteiger partial charge in [0.2, 0.25) is 5.91 Å². The average molecular weight is 435 g/mol. The predicted octanol–water partition coefficient (Wildman–Crippen LogP) is 4.23. The van der Waals surface area contributed by atoms with E-state index in [4.69, 9.17) is 9.47 Å². The van der Waals surface area contributed by atoms with Gasteiger partial charge >= 0.3 is 12.1 Å². The monoisotopic (exact) mass is 434 g/mol. The smallest absolute Gasteiger partial charge is 0.408 e. The molecule has 2 amide bonds. The van der Waals surface area contributed by atoms with Gasteiger partial charge in [0, 0.05) is 0 Å². The number of rotatable bonds is 9. The standard InChI is InChI=1S/C24H38N2O5/c1-16(2)24(8,17(3)4)21(28)25-14-19(18-12-10-9-11-13-18)30-20(27)15-26-22(29)31-23(5,6)7/h9-13,16-17,19H,14-15H2,1-8H3,(H,25,28)(H,26,29)/t19-/m1/s1. The molecule has 0 fully saturated rings. The van der Waals surface area contributed by atoms with Gasteiger partial charge in [0.15, 0.2) is 0 Å². The summed E-state index contributed by atoms with van der Waals surface area (Å²) in [6.07, 6.45) is -1.37. The van der Waals surface area contributed by atoms with Gasteiger partial charge in [-0.15, -0.1) is 0 Å². The third-order valence-electron chi connectivity index (χ3n) is 5.56. The first-order valence-corrected chi connectivity index (χ1v) is 10.8. The lowest BCUT2D eigenvalue weighted by molar-refractivity contribution is -0.149. The topological polar surface area (TPSA) is 93.7 Å². The molecule has 0 radical (unpaired) electrons. The molecular formula is C24H38N2O5. The molecule has 1 rings (SSSR count). The molecule has 31 heavy (non-hydrogen) atoms. The lowest BCUT2D eigenvalue weighted by atomic mass is 9.70. The first-order chi connectivity index (χ1) is 14.3. The molecule has 0 heterocycles. The van der Waals surface area contributed by atoms with Crippen molar-refractivity contribution in [3.8, 4) is 0 Å². The SMILES string of the molecule is CC(C)C(C)(C(=O)NC[C@@H](OC(=O)CNC(=O)OC(C)(C)C)c1ccccc1)C(C)C. The van der Waals surface area contributed by atoms with Crippen LogP contribution in [0.1, 0.15) is 67.1 Å². The zero-order chi connectivity index (χ0) is 23.8. The summed E-state index contributed by atoms with van der Waals surface area (Å²) >= 11 is 0. The molecular weight excluding hydrogens is 396 g/mol. The molecule has 0 unspecified atom stereocenters. The van der Waals surface area contributed by atoms with Gasteiger partial charge in [-0.2, -0.15) is 0 Å². The Morgan fingerprint density at radius 3 is 1.94 bits per heavy atom. The van der Waals surface area contributed by atoms with Gasteiger partial charge in [0.1, 0.15) is 18.2 Å². The fraction of sp³-hybridized carbons (Fsp3) is 0.625. The lowest BCUT2D eigenvalue weighted by Crippen LogP contribution is -2.47. The van der Waals surface area contributed by atoms with Crippen molar-refractivity contribution in [1.29, 1.82) is 0 Å². The first kappa shape index (κ1) is 26.5. The Morgan fingerprint density at radius 2 is 1.45 bits per heavy atom. The quantitative estimate of drug-likeness (QED) is 0.567. The van der Waals surface area contributed by atoms with E-state index in [1.807, 2.05) is 65.0 Å². The lowest BCUT2D eigenvalue weighted by Gasteiger charge is -2.36. The van der Waals surface area contributed by atoms with E-state index in [9.17, 15) is 14.4 Å². The molecule has 0 spiro atoms. The van der Waals surface area contributed by atoms with Gasteiger partial charge in [-0.05, 0) is 38.2 Å². The van der Waals surface area contributed by atoms with Crippen LogP contribution in [0, 0.1) is 17.3 Å². The summed E-state index contributed by atoms with van der Waals surface area (Å²) in [5, 5.41) is 5.35. The maximum absolute atomic E-state index is 13.0. The van der Waals surface area contributed by atoms with Crippen LogP contribution in [0.25, 0.3) is 0 Å². The molecule has 1 aromatic rings. The number of benzene rings is 1. The summed E-state index contributed by atoms with van der Waals surface area (Å²) in [7, 11) is 0. The Balaban J connectivity index is 2.82. The van der Waals surface area contributed by atoms with Crippen molar-refractivity contribution < 1.29 is 23.9 Å². The Kier molecular flexibility index (Phi) is 9.53. The molecule has 0 aliphatic carbocycles. The van der Waals surface area contributed by atoms with E-state index < -0.39 is 29.2 Å². The number of hydrogen-bond acceptors (Lipinski definition) is 5. The third-order valence-corrected chi connectivity index (χ3v) is 5.56. The van der Waals surface area contributed by atoms with Gasteiger partial charge in [-0.1, -0.05) is 65.0 Å². The maximum atomic E-state index is 13.0. The van der Waals surface area contributed by atoms with Crippen molar-refractivity contribution in [3.05, 3.63) is 35.9 Å². The molecule has 0 bridgehead atoms. The third kappa shape index (κ3) is 8.23. The molecule has 7 nitrogen and oxygen atoms in total. The van der Waals surface area contributed by atoms with Crippen molar-refractivity contribution in [2.45, 2.75) is 67.1 Å². The summed E-state index contributed by atoms with van der Waals surface area (Å²) < 4.78 is 10.7. The number of carbonyl (C=O) groups excluding carboxylic acids is 3. The number of nitrogens with one attached hydrogen (secondary N) is 2. The van der Waals surface area contributed by atoms with Gasteiger partial charge in [-0.3, -0.25) is 9.59 Å². The predicted molar refractivity (Wildman–Crippen MR) is 120 cm³/mol. The minimum Gasteiger partial charge on any atom is -0.454 e. The molecule has 174 valence electrons. The van der Waals surface area contributed by atoms with Gasteiger partial charge in [0.05, 0.1) is 12.0 Å². The van der Waals surface area contributed by atoms with Gasteiger partial charge < -0.3 is 20.1 Å².